The number of aromatic nitrogens is 1. The van der Waals surface area contributed by atoms with E-state index in [1.165, 1.54) is 0 Å². The summed E-state index contributed by atoms with van der Waals surface area (Å²) in [6, 6.07) is 1.93. The van der Waals surface area contributed by atoms with E-state index in [4.69, 9.17) is 5.73 Å². The van der Waals surface area contributed by atoms with Crippen LogP contribution in [0.15, 0.2) is 18.3 Å². The van der Waals surface area contributed by atoms with E-state index in [2.05, 4.69) is 4.98 Å². The zero-order valence-corrected chi connectivity index (χ0v) is 7.53. The molecule has 0 fully saturated rings. The number of nitrogens with zero attached hydrogens (tertiary/aromatic N) is 1. The van der Waals surface area contributed by atoms with Gasteiger partial charge in [0, 0.05) is 18.2 Å². The van der Waals surface area contributed by atoms with E-state index in [1.54, 1.807) is 12.3 Å². The number of nitrogen functional groups attached to an aromatic ring is 1. The summed E-state index contributed by atoms with van der Waals surface area (Å²) in [6.07, 6.45) is 6.54. The molecule has 3 nitrogen and oxygen atoms in total. The Balaban J connectivity index is 2.86. The molecule has 0 saturated heterocycles. The van der Waals surface area contributed by atoms with E-state index in [0.29, 0.717) is 12.2 Å². The molecule has 0 aliphatic rings. The molecule has 1 aromatic rings. The van der Waals surface area contributed by atoms with Gasteiger partial charge in [0.2, 0.25) is 0 Å². The van der Waals surface area contributed by atoms with Gasteiger partial charge >= 0.3 is 0 Å². The van der Waals surface area contributed by atoms with Crippen molar-refractivity contribution in [3.8, 4) is 0 Å². The predicted molar refractivity (Wildman–Crippen MR) is 53.1 cm³/mol. The SMILES string of the molecule is Cc1cnc(N)c(C=CCC=O)c1. The van der Waals surface area contributed by atoms with Crippen molar-refractivity contribution in [1.82, 2.24) is 4.98 Å². The minimum Gasteiger partial charge on any atom is -0.383 e. The van der Waals surface area contributed by atoms with Crippen molar-refractivity contribution in [3.05, 3.63) is 29.5 Å². The Morgan fingerprint density at radius 1 is 1.62 bits per heavy atom. The molecule has 0 saturated carbocycles. The lowest BCUT2D eigenvalue weighted by Crippen LogP contribution is -1.93. The number of aryl methyl sites for hydroxylation is 1. The second kappa shape index (κ2) is 4.40. The zero-order valence-electron chi connectivity index (χ0n) is 7.53. The summed E-state index contributed by atoms with van der Waals surface area (Å²) in [5.74, 6) is 0.493. The number of hydrogen-bond donors (Lipinski definition) is 1. The smallest absolute Gasteiger partial charge is 0.130 e. The van der Waals surface area contributed by atoms with E-state index < -0.39 is 0 Å². The first kappa shape index (κ1) is 9.45. The Bertz CT molecular complexity index is 332. The van der Waals surface area contributed by atoms with Gasteiger partial charge in [0.05, 0.1) is 0 Å². The summed E-state index contributed by atoms with van der Waals surface area (Å²) in [5.41, 5.74) is 7.54. The van der Waals surface area contributed by atoms with Gasteiger partial charge in [-0.05, 0) is 18.6 Å². The Hall–Kier alpha value is -1.64. The van der Waals surface area contributed by atoms with Crippen LogP contribution < -0.4 is 5.73 Å². The predicted octanol–water partition coefficient (Wildman–Crippen LogP) is 1.57. The Kier molecular flexibility index (Phi) is 3.20. The number of carbonyl (C=O) groups excluding carboxylic acids is 1. The third-order valence-corrected chi connectivity index (χ3v) is 1.62. The van der Waals surface area contributed by atoms with Gasteiger partial charge in [0.1, 0.15) is 12.1 Å². The van der Waals surface area contributed by atoms with Crippen LogP contribution in [0.2, 0.25) is 0 Å². The highest BCUT2D eigenvalue weighted by atomic mass is 16.1. The first-order valence-electron chi connectivity index (χ1n) is 4.06. The van der Waals surface area contributed by atoms with Crippen LogP contribution in [0.25, 0.3) is 6.08 Å². The number of hydrogen-bond acceptors (Lipinski definition) is 3. The number of aldehydes is 1. The van der Waals surface area contributed by atoms with Crippen LogP contribution in [-0.4, -0.2) is 11.3 Å². The van der Waals surface area contributed by atoms with Crippen molar-refractivity contribution >= 4 is 18.2 Å². The molecule has 0 unspecified atom stereocenters. The molecule has 68 valence electrons. The van der Waals surface area contributed by atoms with Crippen LogP contribution in [0.1, 0.15) is 17.5 Å². The van der Waals surface area contributed by atoms with Gasteiger partial charge in [0.25, 0.3) is 0 Å². The lowest BCUT2D eigenvalue weighted by molar-refractivity contribution is -0.107. The molecule has 3 heteroatoms. The van der Waals surface area contributed by atoms with Gasteiger partial charge in [-0.3, -0.25) is 0 Å². The van der Waals surface area contributed by atoms with Crippen molar-refractivity contribution in [2.45, 2.75) is 13.3 Å². The molecule has 0 aromatic carbocycles. The summed E-state index contributed by atoms with van der Waals surface area (Å²) < 4.78 is 0. The van der Waals surface area contributed by atoms with Crippen LogP contribution in [0.4, 0.5) is 5.82 Å². The lowest BCUT2D eigenvalue weighted by atomic mass is 10.2. The average Bonchev–Trinajstić information content (AvgIpc) is 2.11. The number of carbonyl (C=O) groups is 1. The molecule has 1 heterocycles. The van der Waals surface area contributed by atoms with Crippen molar-refractivity contribution in [3.63, 3.8) is 0 Å². The highest BCUT2D eigenvalue weighted by molar-refractivity contribution is 5.64. The van der Waals surface area contributed by atoms with Crippen LogP contribution in [0, 0.1) is 6.92 Å². The molecular weight excluding hydrogens is 164 g/mol. The fourth-order valence-corrected chi connectivity index (χ4v) is 0.986. The monoisotopic (exact) mass is 176 g/mol. The maximum absolute atomic E-state index is 10.0. The summed E-state index contributed by atoms with van der Waals surface area (Å²) >= 11 is 0. The van der Waals surface area contributed by atoms with E-state index in [0.717, 1.165) is 17.4 Å². The second-order valence-corrected chi connectivity index (χ2v) is 2.79. The molecule has 0 aliphatic carbocycles. The average molecular weight is 176 g/mol. The number of nitrogens with two attached hydrogens (primary N) is 1. The van der Waals surface area contributed by atoms with Crippen molar-refractivity contribution in [1.29, 1.82) is 0 Å². The van der Waals surface area contributed by atoms with Crippen LogP contribution >= 0.6 is 0 Å². The number of allylic oxidation sites excluding steroid dienone is 1. The number of pyridine rings is 1. The van der Waals surface area contributed by atoms with Gasteiger partial charge in [-0.15, -0.1) is 0 Å². The normalized spacial score (nSPS) is 10.5. The first-order chi connectivity index (χ1) is 6.24. The van der Waals surface area contributed by atoms with Gasteiger partial charge in [-0.1, -0.05) is 12.2 Å². The maximum atomic E-state index is 10.0. The standard InChI is InChI=1S/C10H12N2O/c1-8-6-9(4-2-3-5-13)10(11)12-7-8/h2,4-7H,3H2,1H3,(H2,11,12). The van der Waals surface area contributed by atoms with Gasteiger partial charge in [-0.2, -0.15) is 0 Å². The molecule has 0 aliphatic heterocycles. The Labute approximate surface area is 77.3 Å². The minimum absolute atomic E-state index is 0.410. The molecule has 13 heavy (non-hydrogen) atoms. The molecule has 0 radical (unpaired) electrons. The fourth-order valence-electron chi connectivity index (χ4n) is 0.986. The Morgan fingerprint density at radius 2 is 2.38 bits per heavy atom. The van der Waals surface area contributed by atoms with E-state index in [1.807, 2.05) is 19.1 Å². The van der Waals surface area contributed by atoms with Crippen LogP contribution in [0.3, 0.4) is 0 Å². The van der Waals surface area contributed by atoms with Gasteiger partial charge < -0.3 is 10.5 Å². The summed E-state index contributed by atoms with van der Waals surface area (Å²) in [4.78, 5) is 14.0. The molecule has 0 amide bonds. The second-order valence-electron chi connectivity index (χ2n) is 2.79. The topological polar surface area (TPSA) is 56.0 Å². The highest BCUT2D eigenvalue weighted by Crippen LogP contribution is 2.11. The van der Waals surface area contributed by atoms with Crippen molar-refractivity contribution in [2.24, 2.45) is 0 Å². The van der Waals surface area contributed by atoms with Crippen molar-refractivity contribution < 1.29 is 4.79 Å². The third kappa shape index (κ3) is 2.71. The van der Waals surface area contributed by atoms with Crippen molar-refractivity contribution in [2.75, 3.05) is 5.73 Å². The first-order valence-corrected chi connectivity index (χ1v) is 4.06. The Morgan fingerprint density at radius 3 is 3.08 bits per heavy atom. The number of anilines is 1. The summed E-state index contributed by atoms with van der Waals surface area (Å²) in [6.45, 7) is 1.95. The summed E-state index contributed by atoms with van der Waals surface area (Å²) in [7, 11) is 0. The van der Waals surface area contributed by atoms with Crippen LogP contribution in [0.5, 0.6) is 0 Å². The van der Waals surface area contributed by atoms with Gasteiger partial charge in [-0.25, -0.2) is 4.98 Å². The number of rotatable bonds is 3. The largest absolute Gasteiger partial charge is 0.383 e. The van der Waals surface area contributed by atoms with E-state index in [9.17, 15) is 4.79 Å². The molecular formula is C10H12N2O. The quantitative estimate of drug-likeness (QED) is 0.711. The zero-order chi connectivity index (χ0) is 9.68. The molecule has 0 atom stereocenters. The van der Waals surface area contributed by atoms with E-state index in [-0.39, 0.29) is 0 Å². The molecule has 0 bridgehead atoms. The third-order valence-electron chi connectivity index (χ3n) is 1.62. The van der Waals surface area contributed by atoms with Crippen LogP contribution in [-0.2, 0) is 4.79 Å². The molecule has 0 spiro atoms. The fraction of sp³-hybridized carbons (Fsp3) is 0.200. The van der Waals surface area contributed by atoms with Gasteiger partial charge in [0.15, 0.2) is 0 Å². The lowest BCUT2D eigenvalue weighted by Gasteiger charge is -1.99. The minimum atomic E-state index is 0.410. The summed E-state index contributed by atoms with van der Waals surface area (Å²) in [5, 5.41) is 0. The highest BCUT2D eigenvalue weighted by Gasteiger charge is 1.95. The van der Waals surface area contributed by atoms with E-state index >= 15 is 0 Å². The molecule has 1 rings (SSSR count). The molecule has 2 N–H and O–H groups in total. The maximum Gasteiger partial charge on any atom is 0.130 e. The molecule has 1 aromatic heterocycles.